The SMILES string of the molecule is C/C(=C\c1csc(C)n1)C1CC(OC(N)=O)CCCCCC(O)[C@@H](C)C(=O)C(C)(C)CCC(=O)O1. The monoisotopic (exact) mass is 508 g/mol. The van der Waals surface area contributed by atoms with Crippen molar-refractivity contribution < 1.29 is 29.0 Å². The van der Waals surface area contributed by atoms with Crippen LogP contribution in [-0.2, 0) is 19.1 Å². The Morgan fingerprint density at radius 2 is 1.97 bits per heavy atom. The summed E-state index contributed by atoms with van der Waals surface area (Å²) in [6, 6.07) is 0. The van der Waals surface area contributed by atoms with E-state index in [4.69, 9.17) is 15.2 Å². The molecule has 1 fully saturated rings. The molecule has 0 aromatic carbocycles. The molecule has 1 aliphatic heterocycles. The van der Waals surface area contributed by atoms with Gasteiger partial charge in [0.25, 0.3) is 0 Å². The van der Waals surface area contributed by atoms with E-state index in [1.807, 2.05) is 25.3 Å². The van der Waals surface area contributed by atoms with Gasteiger partial charge >= 0.3 is 12.1 Å². The minimum absolute atomic E-state index is 0.0497. The van der Waals surface area contributed by atoms with Gasteiger partial charge in [0.1, 0.15) is 18.0 Å². The fourth-order valence-corrected chi connectivity index (χ4v) is 5.00. The van der Waals surface area contributed by atoms with Crippen LogP contribution in [0.25, 0.3) is 6.08 Å². The summed E-state index contributed by atoms with van der Waals surface area (Å²) in [5.74, 6) is -0.998. The van der Waals surface area contributed by atoms with Gasteiger partial charge in [-0.05, 0) is 51.2 Å². The summed E-state index contributed by atoms with van der Waals surface area (Å²) in [7, 11) is 0. The van der Waals surface area contributed by atoms with Gasteiger partial charge in [0, 0.05) is 29.6 Å². The second kappa shape index (κ2) is 13.2. The number of carbonyl (C=O) groups excluding carboxylic acids is 3. The van der Waals surface area contributed by atoms with Crippen molar-refractivity contribution in [2.24, 2.45) is 17.1 Å². The number of hydrogen-bond acceptors (Lipinski definition) is 8. The number of aliphatic hydroxyl groups is 1. The van der Waals surface area contributed by atoms with Gasteiger partial charge < -0.3 is 20.3 Å². The Hall–Kier alpha value is -2.26. The number of aliphatic hydroxyl groups excluding tert-OH is 1. The second-order valence-corrected chi connectivity index (χ2v) is 11.3. The highest BCUT2D eigenvalue weighted by Crippen LogP contribution is 2.31. The Morgan fingerprint density at radius 3 is 2.60 bits per heavy atom. The molecule has 8 nitrogen and oxygen atoms in total. The van der Waals surface area contributed by atoms with Crippen molar-refractivity contribution in [3.05, 3.63) is 21.7 Å². The van der Waals surface area contributed by atoms with Crippen LogP contribution in [0.15, 0.2) is 11.0 Å². The van der Waals surface area contributed by atoms with Crippen LogP contribution in [0.2, 0.25) is 0 Å². The van der Waals surface area contributed by atoms with Crippen LogP contribution in [0.4, 0.5) is 4.79 Å². The van der Waals surface area contributed by atoms with Gasteiger partial charge in [-0.1, -0.05) is 33.6 Å². The summed E-state index contributed by atoms with van der Waals surface area (Å²) in [6.45, 7) is 9.14. The van der Waals surface area contributed by atoms with Crippen LogP contribution in [0.5, 0.6) is 0 Å². The van der Waals surface area contributed by atoms with E-state index in [9.17, 15) is 19.5 Å². The lowest BCUT2D eigenvalue weighted by Gasteiger charge is -2.30. The number of thiazole rings is 1. The molecule has 2 rings (SSSR count). The Bertz CT molecular complexity index is 909. The van der Waals surface area contributed by atoms with Crippen molar-refractivity contribution >= 4 is 35.3 Å². The van der Waals surface area contributed by atoms with Crippen LogP contribution in [0.3, 0.4) is 0 Å². The fraction of sp³-hybridized carbons (Fsp3) is 0.692. The summed E-state index contributed by atoms with van der Waals surface area (Å²) < 4.78 is 11.2. The summed E-state index contributed by atoms with van der Waals surface area (Å²) in [5, 5.41) is 13.4. The number of aryl methyl sites for hydroxylation is 1. The number of hydrogen-bond donors (Lipinski definition) is 2. The lowest BCUT2D eigenvalue weighted by Crippen LogP contribution is -2.37. The maximum atomic E-state index is 13.0. The number of nitrogens with two attached hydrogens (primary N) is 1. The van der Waals surface area contributed by atoms with Gasteiger partial charge in [0.2, 0.25) is 0 Å². The van der Waals surface area contributed by atoms with Gasteiger partial charge in [0.05, 0.1) is 16.8 Å². The van der Waals surface area contributed by atoms with E-state index in [0.29, 0.717) is 19.3 Å². The van der Waals surface area contributed by atoms with E-state index in [2.05, 4.69) is 4.98 Å². The Balaban J connectivity index is 2.29. The molecular formula is C26H40N2O6S. The van der Waals surface area contributed by atoms with Crippen LogP contribution in [0, 0.1) is 18.3 Å². The van der Waals surface area contributed by atoms with Gasteiger partial charge in [-0.15, -0.1) is 11.3 Å². The zero-order valence-electron chi connectivity index (χ0n) is 21.5. The van der Waals surface area contributed by atoms with Gasteiger partial charge in [-0.25, -0.2) is 9.78 Å². The third-order valence-electron chi connectivity index (χ3n) is 6.69. The first-order valence-electron chi connectivity index (χ1n) is 12.4. The number of Topliss-reactive ketones (excluding diaryl/α,β-unsaturated/α-hetero) is 1. The molecule has 3 N–H and O–H groups in total. The van der Waals surface area contributed by atoms with E-state index < -0.39 is 41.7 Å². The minimum Gasteiger partial charge on any atom is -0.458 e. The quantitative estimate of drug-likeness (QED) is 0.552. The average molecular weight is 509 g/mol. The number of primary amides is 1. The maximum absolute atomic E-state index is 13.0. The van der Waals surface area contributed by atoms with Crippen molar-refractivity contribution in [1.82, 2.24) is 4.98 Å². The first-order chi connectivity index (χ1) is 16.4. The molecule has 35 heavy (non-hydrogen) atoms. The highest BCUT2D eigenvalue weighted by Gasteiger charge is 2.35. The third-order valence-corrected chi connectivity index (χ3v) is 7.48. The van der Waals surface area contributed by atoms with Crippen LogP contribution < -0.4 is 5.73 Å². The van der Waals surface area contributed by atoms with Crippen LogP contribution in [0.1, 0.15) is 89.8 Å². The van der Waals surface area contributed by atoms with Crippen LogP contribution >= 0.6 is 11.3 Å². The third kappa shape index (κ3) is 9.37. The smallest absolute Gasteiger partial charge is 0.404 e. The molecule has 0 saturated carbocycles. The predicted molar refractivity (Wildman–Crippen MR) is 136 cm³/mol. The van der Waals surface area contributed by atoms with Gasteiger partial charge in [-0.3, -0.25) is 9.59 Å². The van der Waals surface area contributed by atoms with Crippen LogP contribution in [-0.4, -0.2) is 46.2 Å². The summed E-state index contributed by atoms with van der Waals surface area (Å²) in [4.78, 5) is 41.9. The maximum Gasteiger partial charge on any atom is 0.404 e. The van der Waals surface area contributed by atoms with Crippen molar-refractivity contribution in [2.75, 3.05) is 0 Å². The Morgan fingerprint density at radius 1 is 1.29 bits per heavy atom. The zero-order chi connectivity index (χ0) is 26.2. The molecule has 0 spiro atoms. The molecular weight excluding hydrogens is 468 g/mol. The largest absolute Gasteiger partial charge is 0.458 e. The lowest BCUT2D eigenvalue weighted by molar-refractivity contribution is -0.149. The normalized spacial score (nSPS) is 27.8. The highest BCUT2D eigenvalue weighted by atomic mass is 32.1. The summed E-state index contributed by atoms with van der Waals surface area (Å²) in [6.07, 6.45) is 3.16. The number of aromatic nitrogens is 1. The Kier molecular flexibility index (Phi) is 10.9. The lowest BCUT2D eigenvalue weighted by atomic mass is 9.76. The van der Waals surface area contributed by atoms with E-state index in [1.54, 1.807) is 20.8 Å². The molecule has 0 aliphatic carbocycles. The number of carbonyl (C=O) groups is 3. The van der Waals surface area contributed by atoms with Crippen molar-refractivity contribution in [2.45, 2.75) is 104 Å². The number of rotatable bonds is 3. The standard InChI is InChI=1S/C26H40N2O6S/c1-16(13-19-15-35-18(3)28-19)22-14-20(33-25(27)32)9-7-6-8-10-21(29)17(2)24(31)26(4,5)12-11-23(30)34-22/h13,15,17,20-22,29H,6-12,14H2,1-5H3,(H2,27,32)/b16-13+/t17-,20?,21?,22?/m1/s1. The fourth-order valence-electron chi connectivity index (χ4n) is 4.43. The highest BCUT2D eigenvalue weighted by molar-refractivity contribution is 7.09. The molecule has 0 bridgehead atoms. The zero-order valence-corrected chi connectivity index (χ0v) is 22.4. The second-order valence-electron chi connectivity index (χ2n) is 10.2. The first kappa shape index (κ1) is 29.0. The van der Waals surface area contributed by atoms with E-state index in [0.717, 1.165) is 35.5 Å². The minimum atomic E-state index is -0.865. The Labute approximate surface area is 212 Å². The number of nitrogens with zero attached hydrogens (tertiary/aromatic N) is 1. The molecule has 4 atom stereocenters. The van der Waals surface area contributed by atoms with E-state index in [1.165, 1.54) is 11.3 Å². The number of cyclic esters (lactones) is 1. The van der Waals surface area contributed by atoms with Gasteiger partial charge in [-0.2, -0.15) is 0 Å². The summed E-state index contributed by atoms with van der Waals surface area (Å²) >= 11 is 1.53. The molecule has 1 saturated heterocycles. The molecule has 3 unspecified atom stereocenters. The van der Waals surface area contributed by atoms with Crippen molar-refractivity contribution in [3.63, 3.8) is 0 Å². The van der Waals surface area contributed by atoms with E-state index >= 15 is 0 Å². The molecule has 0 radical (unpaired) electrons. The molecule has 9 heteroatoms. The summed E-state index contributed by atoms with van der Waals surface area (Å²) in [5.41, 5.74) is 6.11. The van der Waals surface area contributed by atoms with Gasteiger partial charge in [0.15, 0.2) is 0 Å². The number of esters is 1. The average Bonchev–Trinajstić information content (AvgIpc) is 3.19. The topological polar surface area (TPSA) is 129 Å². The first-order valence-corrected chi connectivity index (χ1v) is 13.2. The van der Waals surface area contributed by atoms with Crippen molar-refractivity contribution in [3.8, 4) is 0 Å². The van der Waals surface area contributed by atoms with Crippen molar-refractivity contribution in [1.29, 1.82) is 0 Å². The molecule has 2 heterocycles. The number of ketones is 1. The number of amides is 1. The molecule has 1 aromatic heterocycles. The number of ether oxygens (including phenoxy) is 2. The molecule has 1 aliphatic rings. The predicted octanol–water partition coefficient (Wildman–Crippen LogP) is 4.96. The molecule has 1 aromatic rings. The van der Waals surface area contributed by atoms with E-state index in [-0.39, 0.29) is 18.6 Å². The molecule has 196 valence electrons. The molecule has 1 amide bonds.